The molecular weight excluding hydrogens is 280 g/mol. The summed E-state index contributed by atoms with van der Waals surface area (Å²) in [5, 5.41) is 3.85. The molecule has 0 saturated carbocycles. The van der Waals surface area contributed by atoms with E-state index in [1.54, 1.807) is 0 Å². The van der Waals surface area contributed by atoms with Gasteiger partial charge in [0.2, 0.25) is 5.13 Å². The lowest BCUT2D eigenvalue weighted by atomic mass is 9.96. The van der Waals surface area contributed by atoms with Crippen molar-refractivity contribution in [1.29, 1.82) is 0 Å². The van der Waals surface area contributed by atoms with Gasteiger partial charge in [0.15, 0.2) is 0 Å². The highest BCUT2D eigenvalue weighted by atomic mass is 32.1. The number of hydrogen-bond donors (Lipinski definition) is 1. The third-order valence-electron chi connectivity index (χ3n) is 2.71. The van der Waals surface area contributed by atoms with Crippen molar-refractivity contribution >= 4 is 16.7 Å². The van der Waals surface area contributed by atoms with E-state index in [1.807, 2.05) is 20.8 Å². The third kappa shape index (κ3) is 3.96. The monoisotopic (exact) mass is 297 g/mol. The lowest BCUT2D eigenvalue weighted by molar-refractivity contribution is 0.555. The number of hydrogen-bond acceptors (Lipinski definition) is 4. The van der Waals surface area contributed by atoms with Crippen molar-refractivity contribution in [3.8, 4) is 0 Å². The van der Waals surface area contributed by atoms with Gasteiger partial charge in [-0.15, -0.1) is 0 Å². The largest absolute Gasteiger partial charge is 0.360 e. The SMILES string of the molecule is CC(C)(C)c1nsc(NCCc2cc(F)cc(F)c2)n1. The fraction of sp³-hybridized carbons (Fsp3) is 0.429. The molecule has 20 heavy (non-hydrogen) atoms. The Labute approximate surface area is 121 Å². The van der Waals surface area contributed by atoms with Crippen LogP contribution >= 0.6 is 11.5 Å². The van der Waals surface area contributed by atoms with Crippen LogP contribution < -0.4 is 5.32 Å². The smallest absolute Gasteiger partial charge is 0.202 e. The second-order valence-corrected chi connectivity index (χ2v) is 6.38. The topological polar surface area (TPSA) is 37.8 Å². The van der Waals surface area contributed by atoms with Crippen LogP contribution in [0.2, 0.25) is 0 Å². The minimum atomic E-state index is -0.550. The molecule has 0 amide bonds. The van der Waals surface area contributed by atoms with Crippen LogP contribution in [-0.2, 0) is 11.8 Å². The summed E-state index contributed by atoms with van der Waals surface area (Å²) in [5.74, 6) is -0.307. The van der Waals surface area contributed by atoms with Gasteiger partial charge in [-0.2, -0.15) is 4.37 Å². The molecule has 108 valence electrons. The molecule has 0 fully saturated rings. The number of anilines is 1. The van der Waals surface area contributed by atoms with Gasteiger partial charge < -0.3 is 5.32 Å². The summed E-state index contributed by atoms with van der Waals surface area (Å²) in [5.41, 5.74) is 0.540. The lowest BCUT2D eigenvalue weighted by Gasteiger charge is -2.12. The zero-order chi connectivity index (χ0) is 14.8. The van der Waals surface area contributed by atoms with Gasteiger partial charge in [0.05, 0.1) is 0 Å². The van der Waals surface area contributed by atoms with Gasteiger partial charge in [0, 0.05) is 29.6 Å². The van der Waals surface area contributed by atoms with Crippen molar-refractivity contribution < 1.29 is 8.78 Å². The zero-order valence-electron chi connectivity index (χ0n) is 11.7. The summed E-state index contributed by atoms with van der Waals surface area (Å²) < 4.78 is 30.4. The highest BCUT2D eigenvalue weighted by Crippen LogP contribution is 2.22. The minimum Gasteiger partial charge on any atom is -0.360 e. The molecule has 1 aromatic heterocycles. The predicted octanol–water partition coefficient (Wildman–Crippen LogP) is 3.77. The molecule has 0 spiro atoms. The summed E-state index contributed by atoms with van der Waals surface area (Å²) in [6.07, 6.45) is 0.527. The average Bonchev–Trinajstić information content (AvgIpc) is 2.76. The molecular formula is C14H17F2N3S. The molecule has 0 saturated heterocycles. The number of rotatable bonds is 4. The molecule has 0 aliphatic carbocycles. The van der Waals surface area contributed by atoms with E-state index in [-0.39, 0.29) is 5.41 Å². The van der Waals surface area contributed by atoms with Crippen LogP contribution in [0.4, 0.5) is 13.9 Å². The standard InChI is InChI=1S/C14H17F2N3S/c1-14(2,3)12-18-13(20-19-12)17-5-4-9-6-10(15)8-11(16)7-9/h6-8H,4-5H2,1-3H3,(H,17,18,19). The van der Waals surface area contributed by atoms with Gasteiger partial charge in [-0.3, -0.25) is 0 Å². The summed E-state index contributed by atoms with van der Waals surface area (Å²) in [6, 6.07) is 3.55. The van der Waals surface area contributed by atoms with E-state index >= 15 is 0 Å². The molecule has 2 rings (SSSR count). The van der Waals surface area contributed by atoms with Crippen LogP contribution in [0.1, 0.15) is 32.2 Å². The van der Waals surface area contributed by atoms with Crippen molar-refractivity contribution in [1.82, 2.24) is 9.36 Å². The first-order chi connectivity index (χ1) is 9.34. The Hall–Kier alpha value is -1.56. The lowest BCUT2D eigenvalue weighted by Crippen LogP contribution is -2.13. The number of nitrogens with zero attached hydrogens (tertiary/aromatic N) is 2. The molecule has 2 aromatic rings. The molecule has 0 unspecified atom stereocenters. The van der Waals surface area contributed by atoms with E-state index in [9.17, 15) is 8.78 Å². The van der Waals surface area contributed by atoms with Gasteiger partial charge in [-0.05, 0) is 24.1 Å². The van der Waals surface area contributed by atoms with Gasteiger partial charge in [-0.1, -0.05) is 20.8 Å². The summed E-state index contributed by atoms with van der Waals surface area (Å²) in [7, 11) is 0. The molecule has 0 aliphatic rings. The zero-order valence-corrected chi connectivity index (χ0v) is 12.5. The van der Waals surface area contributed by atoms with Gasteiger partial charge in [0.1, 0.15) is 17.5 Å². The molecule has 0 radical (unpaired) electrons. The molecule has 0 aliphatic heterocycles. The fourth-order valence-corrected chi connectivity index (χ4v) is 2.45. The Morgan fingerprint density at radius 2 is 1.80 bits per heavy atom. The predicted molar refractivity (Wildman–Crippen MR) is 77.2 cm³/mol. The Bertz CT molecular complexity index is 570. The minimum absolute atomic E-state index is 0.0812. The van der Waals surface area contributed by atoms with E-state index in [2.05, 4.69) is 14.7 Å². The summed E-state index contributed by atoms with van der Waals surface area (Å²) in [4.78, 5) is 4.40. The molecule has 0 atom stereocenters. The molecule has 1 heterocycles. The molecule has 1 N–H and O–H groups in total. The molecule has 1 aromatic carbocycles. The fourth-order valence-electron chi connectivity index (χ4n) is 1.67. The first-order valence-electron chi connectivity index (χ1n) is 6.37. The number of aromatic nitrogens is 2. The van der Waals surface area contributed by atoms with Crippen molar-refractivity contribution in [2.24, 2.45) is 0 Å². The first-order valence-corrected chi connectivity index (χ1v) is 7.15. The van der Waals surface area contributed by atoms with E-state index in [1.165, 1.54) is 23.7 Å². The van der Waals surface area contributed by atoms with Crippen molar-refractivity contribution in [2.45, 2.75) is 32.6 Å². The van der Waals surface area contributed by atoms with Crippen LogP contribution in [0.3, 0.4) is 0 Å². The highest BCUT2D eigenvalue weighted by Gasteiger charge is 2.19. The highest BCUT2D eigenvalue weighted by molar-refractivity contribution is 7.09. The number of halogens is 2. The maximum Gasteiger partial charge on any atom is 0.202 e. The van der Waals surface area contributed by atoms with Crippen LogP contribution in [0.15, 0.2) is 18.2 Å². The van der Waals surface area contributed by atoms with E-state index in [0.717, 1.165) is 17.0 Å². The van der Waals surface area contributed by atoms with Crippen LogP contribution in [0.5, 0.6) is 0 Å². The Kier molecular flexibility index (Phi) is 4.32. The maximum absolute atomic E-state index is 13.0. The molecule has 3 nitrogen and oxygen atoms in total. The van der Waals surface area contributed by atoms with Gasteiger partial charge in [0.25, 0.3) is 0 Å². The van der Waals surface area contributed by atoms with E-state index in [0.29, 0.717) is 18.5 Å². The third-order valence-corrected chi connectivity index (χ3v) is 3.38. The van der Waals surface area contributed by atoms with Gasteiger partial charge in [-0.25, -0.2) is 13.8 Å². The second-order valence-electron chi connectivity index (χ2n) is 5.63. The van der Waals surface area contributed by atoms with E-state index < -0.39 is 11.6 Å². The van der Waals surface area contributed by atoms with Crippen LogP contribution in [0.25, 0.3) is 0 Å². The quantitative estimate of drug-likeness (QED) is 0.933. The summed E-state index contributed by atoms with van der Waals surface area (Å²) in [6.45, 7) is 6.71. The van der Waals surface area contributed by atoms with Crippen molar-refractivity contribution in [3.05, 3.63) is 41.2 Å². The normalized spacial score (nSPS) is 11.7. The van der Waals surface area contributed by atoms with Crippen molar-refractivity contribution in [2.75, 3.05) is 11.9 Å². The van der Waals surface area contributed by atoms with Crippen molar-refractivity contribution in [3.63, 3.8) is 0 Å². The first kappa shape index (κ1) is 14.8. The summed E-state index contributed by atoms with van der Waals surface area (Å²) >= 11 is 1.30. The number of benzene rings is 1. The Balaban J connectivity index is 1.91. The Morgan fingerprint density at radius 3 is 2.35 bits per heavy atom. The molecule has 6 heteroatoms. The maximum atomic E-state index is 13.0. The average molecular weight is 297 g/mol. The Morgan fingerprint density at radius 1 is 1.15 bits per heavy atom. The van der Waals surface area contributed by atoms with Gasteiger partial charge >= 0.3 is 0 Å². The van der Waals surface area contributed by atoms with E-state index in [4.69, 9.17) is 0 Å². The molecule has 0 bridgehead atoms. The van der Waals surface area contributed by atoms with Crippen LogP contribution in [0, 0.1) is 11.6 Å². The second kappa shape index (κ2) is 5.83. The van der Waals surface area contributed by atoms with Crippen LogP contribution in [-0.4, -0.2) is 15.9 Å². The number of nitrogens with one attached hydrogen (secondary N) is 1.